The van der Waals surface area contributed by atoms with Crippen LogP contribution in [0.5, 0.6) is 0 Å². The average molecular weight is 684 g/mol. The van der Waals surface area contributed by atoms with Crippen LogP contribution in [0.25, 0.3) is 21.5 Å². The van der Waals surface area contributed by atoms with Crippen molar-refractivity contribution in [1.29, 1.82) is 0 Å². The maximum atomic E-state index is 15.5. The second-order valence-electron chi connectivity index (χ2n) is 9.14. The van der Waals surface area contributed by atoms with Gasteiger partial charge < -0.3 is 0 Å². The molecular weight excluding hydrogens is 684 g/mol. The molecule has 0 atom stereocenters. The Morgan fingerprint density at radius 2 is 0.348 bits per heavy atom. The van der Waals surface area contributed by atoms with E-state index in [1.165, 1.54) is 0 Å². The van der Waals surface area contributed by atoms with Crippen molar-refractivity contribution in [2.24, 2.45) is 0 Å². The normalized spacial score (nSPS) is 11.8. The van der Waals surface area contributed by atoms with Crippen molar-refractivity contribution in [3.63, 3.8) is 0 Å². The zero-order chi connectivity index (χ0) is 34.6. The Kier molecular flexibility index (Phi) is 7.63. The van der Waals surface area contributed by atoms with Crippen LogP contribution in [0, 0.1) is 111 Å². The molecule has 0 amide bonds. The van der Waals surface area contributed by atoms with Gasteiger partial charge in [0.25, 0.3) is 6.71 Å². The third-order valence-electron chi connectivity index (χ3n) is 6.87. The highest BCUT2D eigenvalue weighted by molar-refractivity contribution is 6.98. The van der Waals surface area contributed by atoms with Crippen LogP contribution in [0.4, 0.5) is 83.4 Å². The van der Waals surface area contributed by atoms with Crippen molar-refractivity contribution < 1.29 is 83.4 Å². The summed E-state index contributed by atoms with van der Waals surface area (Å²) in [4.78, 5) is 0. The summed E-state index contributed by atoms with van der Waals surface area (Å²) in [6, 6.07) is 0. The number of rotatable bonds is 3. The topological polar surface area (TPSA) is 0 Å². The fourth-order valence-electron chi connectivity index (χ4n) is 4.90. The van der Waals surface area contributed by atoms with E-state index in [2.05, 4.69) is 0 Å². The fourth-order valence-corrected chi connectivity index (χ4v) is 4.90. The zero-order valence-electron chi connectivity index (χ0n) is 20.8. The second kappa shape index (κ2) is 10.7. The summed E-state index contributed by atoms with van der Waals surface area (Å²) < 4.78 is 279. The Hall–Kier alpha value is -4.65. The predicted octanol–water partition coefficient (Wildman–Crippen LogP) is 7.15. The Labute approximate surface area is 239 Å². The molecule has 0 radical (unpaired) electrons. The van der Waals surface area contributed by atoms with Gasteiger partial charge in [-0.25, -0.2) is 83.4 Å². The van der Waals surface area contributed by atoms with Gasteiger partial charge in [0.2, 0.25) is 0 Å². The zero-order valence-corrected chi connectivity index (χ0v) is 20.8. The molecule has 0 bridgehead atoms. The van der Waals surface area contributed by atoms with Gasteiger partial charge in [0.1, 0.15) is 0 Å². The molecule has 20 heteroatoms. The van der Waals surface area contributed by atoms with Gasteiger partial charge in [0.15, 0.2) is 111 Å². The monoisotopic (exact) mass is 684 g/mol. The molecule has 46 heavy (non-hydrogen) atoms. The maximum Gasteiger partial charge on any atom is 0.258 e. The van der Waals surface area contributed by atoms with Gasteiger partial charge in [-0.15, -0.1) is 0 Å². The smallest absolute Gasteiger partial charge is 0.204 e. The van der Waals surface area contributed by atoms with Crippen LogP contribution in [0.2, 0.25) is 0 Å². The summed E-state index contributed by atoms with van der Waals surface area (Å²) in [5, 5.41) is -10.4. The van der Waals surface area contributed by atoms with Gasteiger partial charge in [-0.2, -0.15) is 0 Å². The van der Waals surface area contributed by atoms with Crippen LogP contribution < -0.4 is 16.4 Å². The van der Waals surface area contributed by atoms with Crippen molar-refractivity contribution in [3.8, 4) is 0 Å². The summed E-state index contributed by atoms with van der Waals surface area (Å²) in [5.74, 6) is -59.3. The van der Waals surface area contributed by atoms with E-state index < -0.39 is 155 Å². The van der Waals surface area contributed by atoms with Crippen LogP contribution in [0.1, 0.15) is 0 Å². The molecule has 0 saturated carbocycles. The molecule has 0 aliphatic rings. The van der Waals surface area contributed by atoms with Crippen LogP contribution in [-0.4, -0.2) is 6.71 Å². The molecule has 0 spiro atoms. The summed E-state index contributed by atoms with van der Waals surface area (Å²) >= 11 is 0. The van der Waals surface area contributed by atoms with Crippen molar-refractivity contribution in [2.75, 3.05) is 0 Å². The highest BCUT2D eigenvalue weighted by Gasteiger charge is 2.45. The van der Waals surface area contributed by atoms with E-state index in [4.69, 9.17) is 0 Å². The maximum absolute atomic E-state index is 15.5. The number of benzene rings is 5. The molecule has 0 N–H and O–H groups in total. The molecule has 240 valence electrons. The van der Waals surface area contributed by atoms with Crippen LogP contribution >= 0.6 is 0 Å². The lowest BCUT2D eigenvalue weighted by Gasteiger charge is -2.24. The molecule has 0 unspecified atom stereocenters. The Morgan fingerprint density at radius 3 is 0.630 bits per heavy atom. The molecule has 0 saturated heterocycles. The average Bonchev–Trinajstić information content (AvgIpc) is 3.02. The summed E-state index contributed by atoms with van der Waals surface area (Å²) in [7, 11) is 0. The first kappa shape index (κ1) is 32.7. The number of fused-ring (bicyclic) bond motifs is 2. The van der Waals surface area contributed by atoms with Gasteiger partial charge >= 0.3 is 0 Å². The standard InChI is InChI=1S/C26BF19/c28-8-1-3(12(32)22(42)20(8)40)10(30)18(38)14(34)5(1)27(7-16(36)24(44)26(46)25(45)17(7)37)6-2-4(11(31)19(39)15(6)35)13(33)23(43)21(41)9(2)29. The molecule has 0 fully saturated rings. The van der Waals surface area contributed by atoms with E-state index in [-0.39, 0.29) is 0 Å². The van der Waals surface area contributed by atoms with E-state index in [9.17, 15) is 57.1 Å². The van der Waals surface area contributed by atoms with Crippen molar-refractivity contribution >= 4 is 44.6 Å². The fraction of sp³-hybridized carbons (Fsp3) is 0. The van der Waals surface area contributed by atoms with Crippen LogP contribution in [0.3, 0.4) is 0 Å². The van der Waals surface area contributed by atoms with Gasteiger partial charge in [0.05, 0.1) is 10.8 Å². The minimum Gasteiger partial charge on any atom is -0.204 e. The third kappa shape index (κ3) is 4.06. The van der Waals surface area contributed by atoms with E-state index in [1.54, 1.807) is 0 Å². The third-order valence-corrected chi connectivity index (χ3v) is 6.87. The molecule has 0 nitrogen and oxygen atoms in total. The molecular formula is C26BF19. The minimum atomic E-state index is -4.25. The largest absolute Gasteiger partial charge is 0.258 e. The van der Waals surface area contributed by atoms with E-state index >= 15 is 26.3 Å². The highest BCUT2D eigenvalue weighted by Crippen LogP contribution is 2.34. The summed E-state index contributed by atoms with van der Waals surface area (Å²) in [6.07, 6.45) is 0. The molecule has 0 heterocycles. The van der Waals surface area contributed by atoms with Gasteiger partial charge in [0, 0.05) is 16.2 Å². The minimum absolute atomic E-state index is 2.57. The lowest BCUT2D eigenvalue weighted by atomic mass is 9.35. The van der Waals surface area contributed by atoms with Gasteiger partial charge in [-0.3, -0.25) is 0 Å². The first-order valence-electron chi connectivity index (χ1n) is 11.5. The molecule has 5 rings (SSSR count). The summed E-state index contributed by atoms with van der Waals surface area (Å²) in [5.41, 5.74) is -8.41. The van der Waals surface area contributed by atoms with Crippen molar-refractivity contribution in [1.82, 2.24) is 0 Å². The molecule has 0 aliphatic heterocycles. The number of hydrogen-bond acceptors (Lipinski definition) is 0. The quantitative estimate of drug-likeness (QED) is 0.0821. The first-order chi connectivity index (χ1) is 21.3. The molecule has 0 aliphatic carbocycles. The van der Waals surface area contributed by atoms with Gasteiger partial charge in [-0.1, -0.05) is 0 Å². The van der Waals surface area contributed by atoms with E-state index in [0.717, 1.165) is 0 Å². The number of hydrogen-bond donors (Lipinski definition) is 0. The Morgan fingerprint density at radius 1 is 0.174 bits per heavy atom. The van der Waals surface area contributed by atoms with Crippen molar-refractivity contribution in [3.05, 3.63) is 111 Å². The Balaban J connectivity index is 2.25. The predicted molar refractivity (Wildman–Crippen MR) is 118 cm³/mol. The van der Waals surface area contributed by atoms with Crippen molar-refractivity contribution in [2.45, 2.75) is 0 Å². The van der Waals surface area contributed by atoms with Crippen LogP contribution in [-0.2, 0) is 0 Å². The SMILES string of the molecule is Fc1c(F)c(F)c(B(c2c(F)c(F)c(F)c3c(F)c(F)c(F)c(F)c23)c2c(F)c(F)c(F)c3c(F)c(F)c(F)c(F)c23)c(F)c1F. The highest BCUT2D eigenvalue weighted by atomic mass is 19.2. The van der Waals surface area contributed by atoms with Crippen LogP contribution in [0.15, 0.2) is 0 Å². The lowest BCUT2D eigenvalue weighted by molar-refractivity contribution is 0.384. The first-order valence-corrected chi connectivity index (χ1v) is 11.5. The molecule has 0 aromatic heterocycles. The number of halogens is 19. The summed E-state index contributed by atoms with van der Waals surface area (Å²) in [6.45, 7) is -4.25. The molecule has 5 aromatic rings. The van der Waals surface area contributed by atoms with E-state index in [1.807, 2.05) is 0 Å². The molecule has 5 aromatic carbocycles. The second-order valence-corrected chi connectivity index (χ2v) is 9.14. The van der Waals surface area contributed by atoms with Gasteiger partial charge in [-0.05, 0) is 10.9 Å². The van der Waals surface area contributed by atoms with E-state index in [0.29, 0.717) is 0 Å². The lowest BCUT2D eigenvalue weighted by Crippen LogP contribution is -2.59. The Bertz CT molecular complexity index is 2040.